The van der Waals surface area contributed by atoms with Gasteiger partial charge in [-0.1, -0.05) is 48.0 Å². The second-order valence-electron chi connectivity index (χ2n) is 7.09. The van der Waals surface area contributed by atoms with Crippen molar-refractivity contribution >= 4 is 11.6 Å². The second-order valence-corrected chi connectivity index (χ2v) is 7.09. The van der Waals surface area contributed by atoms with Gasteiger partial charge in [0.05, 0.1) is 7.11 Å². The maximum absolute atomic E-state index is 12.2. The number of ether oxygens (including phenoxy) is 2. The first-order valence-electron chi connectivity index (χ1n) is 10.0. The lowest BCUT2D eigenvalue weighted by Gasteiger charge is -2.12. The lowest BCUT2D eigenvalue weighted by atomic mass is 10.1. The summed E-state index contributed by atoms with van der Waals surface area (Å²) in [5.41, 5.74) is 4.19. The van der Waals surface area contributed by atoms with E-state index in [9.17, 15) is 4.79 Å². The Morgan fingerprint density at radius 1 is 0.933 bits per heavy atom. The summed E-state index contributed by atoms with van der Waals surface area (Å²) < 4.78 is 11.0. The zero-order valence-corrected chi connectivity index (χ0v) is 17.5. The van der Waals surface area contributed by atoms with Gasteiger partial charge >= 0.3 is 0 Å². The van der Waals surface area contributed by atoms with Gasteiger partial charge in [-0.2, -0.15) is 0 Å². The fraction of sp³-hybridized carbons (Fsp3) is 0.240. The topological polar surface area (TPSA) is 59.6 Å². The average molecular weight is 405 g/mol. The molecular formula is C25H28N2O3. The highest BCUT2D eigenvalue weighted by Gasteiger charge is 2.07. The molecule has 0 aliphatic heterocycles. The van der Waals surface area contributed by atoms with Crippen LogP contribution in [0.5, 0.6) is 11.5 Å². The van der Waals surface area contributed by atoms with Crippen LogP contribution in [0.4, 0.5) is 5.69 Å². The molecule has 0 saturated carbocycles. The molecule has 0 aromatic heterocycles. The first-order valence-corrected chi connectivity index (χ1v) is 10.0. The number of carbonyl (C=O) groups is 1. The van der Waals surface area contributed by atoms with E-state index in [2.05, 4.69) is 22.8 Å². The molecule has 0 spiro atoms. The van der Waals surface area contributed by atoms with Crippen molar-refractivity contribution in [3.05, 3.63) is 89.5 Å². The van der Waals surface area contributed by atoms with Crippen molar-refractivity contribution < 1.29 is 14.3 Å². The van der Waals surface area contributed by atoms with E-state index in [1.165, 1.54) is 5.56 Å². The summed E-state index contributed by atoms with van der Waals surface area (Å²) in [6, 6.07) is 23.6. The Balaban J connectivity index is 1.45. The van der Waals surface area contributed by atoms with Crippen LogP contribution in [0.1, 0.15) is 16.7 Å². The van der Waals surface area contributed by atoms with Crippen LogP contribution in [0, 0.1) is 6.92 Å². The molecule has 3 aromatic carbocycles. The van der Waals surface area contributed by atoms with Crippen LogP contribution in [0.15, 0.2) is 72.8 Å². The van der Waals surface area contributed by atoms with Crippen molar-refractivity contribution in [2.24, 2.45) is 0 Å². The largest absolute Gasteiger partial charge is 0.497 e. The molecule has 0 fully saturated rings. The fourth-order valence-corrected chi connectivity index (χ4v) is 3.02. The van der Waals surface area contributed by atoms with Gasteiger partial charge < -0.3 is 20.1 Å². The molecule has 0 aliphatic carbocycles. The minimum absolute atomic E-state index is 0.0310. The van der Waals surface area contributed by atoms with Gasteiger partial charge in [0.2, 0.25) is 0 Å². The summed E-state index contributed by atoms with van der Waals surface area (Å²) in [5, 5.41) is 6.29. The zero-order chi connectivity index (χ0) is 21.2. The van der Waals surface area contributed by atoms with Crippen LogP contribution in [-0.4, -0.2) is 26.2 Å². The van der Waals surface area contributed by atoms with E-state index in [0.717, 1.165) is 35.5 Å². The Labute approximate surface area is 178 Å². The SMILES string of the molecule is COc1ccc(CCNCc2ccccc2OCC(=O)Nc2ccc(C)cc2)cc1. The zero-order valence-electron chi connectivity index (χ0n) is 17.5. The Bertz CT molecular complexity index is 937. The van der Waals surface area contributed by atoms with Crippen molar-refractivity contribution in [3.63, 3.8) is 0 Å². The van der Waals surface area contributed by atoms with Crippen LogP contribution in [-0.2, 0) is 17.8 Å². The molecule has 0 aliphatic rings. The fourth-order valence-electron chi connectivity index (χ4n) is 3.02. The lowest BCUT2D eigenvalue weighted by molar-refractivity contribution is -0.118. The van der Waals surface area contributed by atoms with Crippen LogP contribution in [0.2, 0.25) is 0 Å². The van der Waals surface area contributed by atoms with Crippen molar-refractivity contribution in [2.45, 2.75) is 19.9 Å². The van der Waals surface area contributed by atoms with E-state index in [0.29, 0.717) is 12.3 Å². The molecule has 0 bridgehead atoms. The first kappa shape index (κ1) is 21.4. The number of aryl methyl sites for hydroxylation is 1. The molecule has 5 nitrogen and oxygen atoms in total. The van der Waals surface area contributed by atoms with Crippen LogP contribution >= 0.6 is 0 Å². The van der Waals surface area contributed by atoms with Gasteiger partial charge in [-0.25, -0.2) is 0 Å². The number of hydrogen-bond acceptors (Lipinski definition) is 4. The van der Waals surface area contributed by atoms with Crippen molar-refractivity contribution in [3.8, 4) is 11.5 Å². The number of benzene rings is 3. The summed E-state index contributed by atoms with van der Waals surface area (Å²) in [6.45, 7) is 3.49. The number of nitrogens with one attached hydrogen (secondary N) is 2. The number of hydrogen-bond donors (Lipinski definition) is 2. The van der Waals surface area contributed by atoms with Crippen LogP contribution < -0.4 is 20.1 Å². The molecule has 0 saturated heterocycles. The normalized spacial score (nSPS) is 10.5. The third-order valence-electron chi connectivity index (χ3n) is 4.73. The average Bonchev–Trinajstić information content (AvgIpc) is 2.78. The van der Waals surface area contributed by atoms with Crippen molar-refractivity contribution in [2.75, 3.05) is 25.6 Å². The van der Waals surface area contributed by atoms with Gasteiger partial charge in [0.25, 0.3) is 5.91 Å². The highest BCUT2D eigenvalue weighted by Crippen LogP contribution is 2.18. The molecule has 2 N–H and O–H groups in total. The number of para-hydroxylation sites is 1. The monoisotopic (exact) mass is 404 g/mol. The molecular weight excluding hydrogens is 376 g/mol. The van der Waals surface area contributed by atoms with E-state index in [4.69, 9.17) is 9.47 Å². The first-order chi connectivity index (χ1) is 14.6. The van der Waals surface area contributed by atoms with Crippen molar-refractivity contribution in [1.82, 2.24) is 5.32 Å². The van der Waals surface area contributed by atoms with Gasteiger partial charge in [-0.3, -0.25) is 4.79 Å². The Kier molecular flexibility index (Phi) is 7.86. The van der Waals surface area contributed by atoms with E-state index < -0.39 is 0 Å². The highest BCUT2D eigenvalue weighted by atomic mass is 16.5. The predicted molar refractivity (Wildman–Crippen MR) is 120 cm³/mol. The Morgan fingerprint density at radius 2 is 1.67 bits per heavy atom. The summed E-state index contributed by atoms with van der Waals surface area (Å²) >= 11 is 0. The standard InChI is InChI=1S/C25H28N2O3/c1-19-7-11-22(12-8-19)27-25(28)18-30-24-6-4-3-5-21(24)17-26-16-15-20-9-13-23(29-2)14-10-20/h3-14,26H,15-18H2,1-2H3,(H,27,28). The number of amides is 1. The quantitative estimate of drug-likeness (QED) is 0.493. The van der Waals surface area contributed by atoms with Gasteiger partial charge in [0.1, 0.15) is 11.5 Å². The van der Waals surface area contributed by atoms with E-state index in [1.807, 2.05) is 67.6 Å². The molecule has 0 radical (unpaired) electrons. The Morgan fingerprint density at radius 3 is 2.40 bits per heavy atom. The van der Waals surface area contributed by atoms with E-state index >= 15 is 0 Å². The minimum atomic E-state index is -0.180. The number of anilines is 1. The highest BCUT2D eigenvalue weighted by molar-refractivity contribution is 5.91. The third-order valence-corrected chi connectivity index (χ3v) is 4.73. The summed E-state index contributed by atoms with van der Waals surface area (Å²) in [4.78, 5) is 12.2. The molecule has 5 heteroatoms. The lowest BCUT2D eigenvalue weighted by Crippen LogP contribution is -2.21. The molecule has 3 rings (SSSR count). The van der Waals surface area contributed by atoms with Gasteiger partial charge in [0, 0.05) is 17.8 Å². The summed E-state index contributed by atoms with van der Waals surface area (Å²) in [6.07, 6.45) is 0.923. The van der Waals surface area contributed by atoms with Crippen molar-refractivity contribution in [1.29, 1.82) is 0 Å². The minimum Gasteiger partial charge on any atom is -0.497 e. The van der Waals surface area contributed by atoms with Crippen LogP contribution in [0.25, 0.3) is 0 Å². The molecule has 0 heterocycles. The smallest absolute Gasteiger partial charge is 0.262 e. The number of methoxy groups -OCH3 is 1. The van der Waals surface area contributed by atoms with Gasteiger partial charge in [-0.15, -0.1) is 0 Å². The molecule has 1 amide bonds. The molecule has 30 heavy (non-hydrogen) atoms. The Hall–Kier alpha value is -3.31. The van der Waals surface area contributed by atoms with Gasteiger partial charge in [-0.05, 0) is 55.8 Å². The molecule has 3 aromatic rings. The van der Waals surface area contributed by atoms with Crippen LogP contribution in [0.3, 0.4) is 0 Å². The van der Waals surface area contributed by atoms with E-state index in [-0.39, 0.29) is 12.5 Å². The number of carbonyl (C=O) groups excluding carboxylic acids is 1. The second kappa shape index (κ2) is 11.0. The number of rotatable bonds is 10. The van der Waals surface area contributed by atoms with E-state index in [1.54, 1.807) is 7.11 Å². The summed E-state index contributed by atoms with van der Waals surface area (Å²) in [7, 11) is 1.67. The maximum Gasteiger partial charge on any atom is 0.262 e. The molecule has 0 atom stereocenters. The molecule has 0 unspecified atom stereocenters. The molecule has 156 valence electrons. The predicted octanol–water partition coefficient (Wildman–Crippen LogP) is 4.35. The maximum atomic E-state index is 12.2. The van der Waals surface area contributed by atoms with Gasteiger partial charge in [0.15, 0.2) is 6.61 Å². The summed E-state index contributed by atoms with van der Waals surface area (Å²) in [5.74, 6) is 1.40. The third kappa shape index (κ3) is 6.64.